The van der Waals surface area contributed by atoms with Crippen molar-refractivity contribution in [1.82, 2.24) is 4.57 Å². The van der Waals surface area contributed by atoms with Crippen molar-refractivity contribution < 1.29 is 28.3 Å². The van der Waals surface area contributed by atoms with Gasteiger partial charge in [-0.15, -0.1) is 0 Å². The monoisotopic (exact) mass is 587 g/mol. The molecular formula is C30H25N3O8S. The molecule has 2 aromatic carbocycles. The Kier molecular flexibility index (Phi) is 6.77. The molecule has 2 aromatic heterocycles. The van der Waals surface area contributed by atoms with Gasteiger partial charge in [-0.1, -0.05) is 17.4 Å². The molecule has 0 aliphatic carbocycles. The van der Waals surface area contributed by atoms with Crippen LogP contribution in [-0.4, -0.2) is 28.9 Å². The number of nitro groups is 1. The lowest BCUT2D eigenvalue weighted by Crippen LogP contribution is -2.39. The second-order valence-electron chi connectivity index (χ2n) is 9.81. The van der Waals surface area contributed by atoms with Gasteiger partial charge in [0.1, 0.15) is 11.5 Å². The van der Waals surface area contributed by atoms with Crippen molar-refractivity contribution in [2.75, 3.05) is 13.4 Å². The first-order valence-corrected chi connectivity index (χ1v) is 13.9. The summed E-state index contributed by atoms with van der Waals surface area (Å²) in [5, 5.41) is 11.5. The Labute approximate surface area is 242 Å². The molecule has 2 aliphatic heterocycles. The van der Waals surface area contributed by atoms with Crippen LogP contribution in [-0.2, 0) is 9.53 Å². The van der Waals surface area contributed by atoms with E-state index in [1.165, 1.54) is 10.6 Å². The molecule has 12 heteroatoms. The number of fused-ring (bicyclic) bond motifs is 2. The summed E-state index contributed by atoms with van der Waals surface area (Å²) in [5.74, 6) is 1.35. The van der Waals surface area contributed by atoms with Gasteiger partial charge in [0.25, 0.3) is 11.2 Å². The van der Waals surface area contributed by atoms with E-state index in [0.29, 0.717) is 54.7 Å². The topological polar surface area (TPSA) is 135 Å². The second kappa shape index (κ2) is 10.5. The molecule has 42 heavy (non-hydrogen) atoms. The molecule has 0 N–H and O–H groups in total. The van der Waals surface area contributed by atoms with Crippen LogP contribution in [0.5, 0.6) is 11.5 Å². The molecule has 0 spiro atoms. The van der Waals surface area contributed by atoms with Crippen LogP contribution in [0.25, 0.3) is 17.4 Å². The highest BCUT2D eigenvalue weighted by Crippen LogP contribution is 2.38. The average Bonchev–Trinajstić information content (AvgIpc) is 3.68. The van der Waals surface area contributed by atoms with E-state index in [1.54, 1.807) is 64.1 Å². The van der Waals surface area contributed by atoms with E-state index in [9.17, 15) is 19.7 Å². The smallest absolute Gasteiger partial charge is 0.338 e. The van der Waals surface area contributed by atoms with E-state index in [2.05, 4.69) is 4.99 Å². The minimum absolute atomic E-state index is 0.00699. The Morgan fingerprint density at radius 3 is 2.71 bits per heavy atom. The van der Waals surface area contributed by atoms with Crippen LogP contribution in [0.3, 0.4) is 0 Å². The third kappa shape index (κ3) is 4.59. The zero-order valence-corrected chi connectivity index (χ0v) is 23.9. The number of rotatable bonds is 6. The molecule has 214 valence electrons. The molecule has 0 saturated heterocycles. The van der Waals surface area contributed by atoms with Crippen LogP contribution < -0.4 is 24.4 Å². The van der Waals surface area contributed by atoms with Gasteiger partial charge in [-0.3, -0.25) is 19.5 Å². The SMILES string of the molecule is CCOC(=O)C1=C(C)N=c2s/c(=C\c3ccc(-c4cc(C)c(C)c([N+](=O)[O-])c4)o3)c(=O)n2[C@H]1c1ccc2c(c1)OCO2. The molecule has 0 saturated carbocycles. The Hall–Kier alpha value is -4.97. The largest absolute Gasteiger partial charge is 0.463 e. The number of carbonyl (C=O) groups is 1. The van der Waals surface area contributed by atoms with Gasteiger partial charge >= 0.3 is 5.97 Å². The highest BCUT2D eigenvalue weighted by Gasteiger charge is 2.34. The van der Waals surface area contributed by atoms with Crippen LogP contribution in [0.15, 0.2) is 67.9 Å². The summed E-state index contributed by atoms with van der Waals surface area (Å²) < 4.78 is 24.2. The number of aryl methyl sites for hydroxylation is 1. The molecule has 4 heterocycles. The fourth-order valence-electron chi connectivity index (χ4n) is 5.08. The highest BCUT2D eigenvalue weighted by molar-refractivity contribution is 7.07. The number of ether oxygens (including phenoxy) is 3. The number of esters is 1. The molecule has 4 aromatic rings. The number of hydrogen-bond acceptors (Lipinski definition) is 10. The number of nitrogens with zero attached hydrogens (tertiary/aromatic N) is 3. The first-order chi connectivity index (χ1) is 20.2. The minimum Gasteiger partial charge on any atom is -0.463 e. The molecule has 0 amide bonds. The van der Waals surface area contributed by atoms with E-state index in [4.69, 9.17) is 18.6 Å². The predicted molar refractivity (Wildman–Crippen MR) is 153 cm³/mol. The van der Waals surface area contributed by atoms with Crippen molar-refractivity contribution in [3.63, 3.8) is 0 Å². The summed E-state index contributed by atoms with van der Waals surface area (Å²) in [6.45, 7) is 7.19. The van der Waals surface area contributed by atoms with Gasteiger partial charge in [0.2, 0.25) is 6.79 Å². The second-order valence-corrected chi connectivity index (χ2v) is 10.8. The molecule has 11 nitrogen and oxygen atoms in total. The van der Waals surface area contributed by atoms with Gasteiger partial charge < -0.3 is 18.6 Å². The zero-order valence-electron chi connectivity index (χ0n) is 23.1. The lowest BCUT2D eigenvalue weighted by Gasteiger charge is -2.24. The minimum atomic E-state index is -0.805. The van der Waals surface area contributed by atoms with Crippen molar-refractivity contribution in [3.8, 4) is 22.8 Å². The number of thiazole rings is 1. The molecule has 0 unspecified atom stereocenters. The third-order valence-corrected chi connectivity index (χ3v) is 8.23. The van der Waals surface area contributed by atoms with Crippen molar-refractivity contribution in [2.24, 2.45) is 4.99 Å². The number of aromatic nitrogens is 1. The van der Waals surface area contributed by atoms with Gasteiger partial charge in [-0.05, 0) is 69.2 Å². The van der Waals surface area contributed by atoms with Crippen molar-refractivity contribution in [2.45, 2.75) is 33.7 Å². The highest BCUT2D eigenvalue weighted by atomic mass is 32.1. The Morgan fingerprint density at radius 1 is 1.17 bits per heavy atom. The summed E-state index contributed by atoms with van der Waals surface area (Å²) in [7, 11) is 0. The number of carbonyl (C=O) groups excluding carboxylic acids is 1. The first kappa shape index (κ1) is 27.2. The molecule has 0 fully saturated rings. The Balaban J connectivity index is 1.46. The summed E-state index contributed by atoms with van der Waals surface area (Å²) in [4.78, 5) is 43.1. The molecule has 1 atom stereocenters. The van der Waals surface area contributed by atoms with Crippen molar-refractivity contribution in [3.05, 3.63) is 106 Å². The Bertz CT molecular complexity index is 2000. The summed E-state index contributed by atoms with van der Waals surface area (Å²) >= 11 is 1.16. The van der Waals surface area contributed by atoms with Gasteiger partial charge in [0.15, 0.2) is 16.3 Å². The predicted octanol–water partition coefficient (Wildman–Crippen LogP) is 4.31. The molecular weight excluding hydrogens is 562 g/mol. The number of benzene rings is 2. The van der Waals surface area contributed by atoms with Crippen LogP contribution in [0.2, 0.25) is 0 Å². The van der Waals surface area contributed by atoms with E-state index in [1.807, 2.05) is 6.07 Å². The Morgan fingerprint density at radius 2 is 1.95 bits per heavy atom. The van der Waals surface area contributed by atoms with Gasteiger partial charge in [-0.25, -0.2) is 9.79 Å². The lowest BCUT2D eigenvalue weighted by atomic mass is 9.95. The van der Waals surface area contributed by atoms with Gasteiger partial charge in [0, 0.05) is 23.3 Å². The average molecular weight is 588 g/mol. The van der Waals surface area contributed by atoms with Crippen LogP contribution >= 0.6 is 11.3 Å². The van der Waals surface area contributed by atoms with E-state index in [0.717, 1.165) is 16.9 Å². The quantitative estimate of drug-likeness (QED) is 0.185. The maximum atomic E-state index is 13.9. The van der Waals surface area contributed by atoms with E-state index >= 15 is 0 Å². The van der Waals surface area contributed by atoms with Gasteiger partial charge in [-0.2, -0.15) is 0 Å². The summed E-state index contributed by atoms with van der Waals surface area (Å²) in [6, 6.07) is 11.2. The maximum Gasteiger partial charge on any atom is 0.338 e. The third-order valence-electron chi connectivity index (χ3n) is 7.25. The normalized spacial score (nSPS) is 15.9. The maximum absolute atomic E-state index is 13.9. The van der Waals surface area contributed by atoms with E-state index in [-0.39, 0.29) is 30.2 Å². The standard InChI is InChI=1S/C30H25N3O8S/c1-5-38-29(35)26-17(4)31-30-32(27(26)18-6-8-23-24(12-18)40-14-39-23)28(34)25(42-30)13-20-7-9-22(41-20)19-10-15(2)16(3)21(11-19)33(36)37/h6-13,27H,5,14H2,1-4H3/b25-13-/t27-/m0/s1. The summed E-state index contributed by atoms with van der Waals surface area (Å²) in [5.41, 5.74) is 2.90. The van der Waals surface area contributed by atoms with E-state index < -0.39 is 16.9 Å². The molecule has 0 bridgehead atoms. The molecule has 2 aliphatic rings. The van der Waals surface area contributed by atoms with Crippen LogP contribution in [0, 0.1) is 24.0 Å². The molecule has 0 radical (unpaired) electrons. The zero-order chi connectivity index (χ0) is 29.7. The molecule has 6 rings (SSSR count). The van der Waals surface area contributed by atoms with Crippen LogP contribution in [0.1, 0.15) is 42.3 Å². The fourth-order valence-corrected chi connectivity index (χ4v) is 6.10. The van der Waals surface area contributed by atoms with Gasteiger partial charge in [0.05, 0.1) is 33.4 Å². The first-order valence-electron chi connectivity index (χ1n) is 13.1. The van der Waals surface area contributed by atoms with Crippen molar-refractivity contribution >= 4 is 29.1 Å². The van der Waals surface area contributed by atoms with Crippen LogP contribution in [0.4, 0.5) is 5.69 Å². The lowest BCUT2D eigenvalue weighted by molar-refractivity contribution is -0.385. The fraction of sp³-hybridized carbons (Fsp3) is 0.233. The van der Waals surface area contributed by atoms with Crippen molar-refractivity contribution in [1.29, 1.82) is 0 Å². The number of hydrogen-bond donors (Lipinski definition) is 0. The number of allylic oxidation sites excluding steroid dienone is 1. The summed E-state index contributed by atoms with van der Waals surface area (Å²) in [6.07, 6.45) is 1.60. The number of furan rings is 1. The number of nitro benzene ring substituents is 1.